The molecule has 1 aromatic heterocycles. The van der Waals surface area contributed by atoms with Crippen LogP contribution in [-0.2, 0) is 0 Å². The van der Waals surface area contributed by atoms with Crippen LogP contribution in [-0.4, -0.2) is 16.1 Å². The van der Waals surface area contributed by atoms with Gasteiger partial charge in [-0.15, -0.1) is 18.3 Å². The number of alkyl halides is 3. The maximum absolute atomic E-state index is 12.0. The van der Waals surface area contributed by atoms with Crippen molar-refractivity contribution in [2.75, 3.05) is 5.73 Å². The molecule has 0 bridgehead atoms. The van der Waals surface area contributed by atoms with E-state index in [4.69, 9.17) is 5.73 Å². The van der Waals surface area contributed by atoms with E-state index < -0.39 is 12.2 Å². The molecular weight excluding hydrogens is 235 g/mol. The zero-order valence-corrected chi connectivity index (χ0v) is 9.20. The van der Waals surface area contributed by atoms with E-state index in [0.29, 0.717) is 0 Å². The normalized spacial score (nSPS) is 18.3. The van der Waals surface area contributed by atoms with E-state index in [-0.39, 0.29) is 11.7 Å². The van der Waals surface area contributed by atoms with Crippen LogP contribution in [0.2, 0.25) is 0 Å². The summed E-state index contributed by atoms with van der Waals surface area (Å²) in [6.45, 7) is 0. The van der Waals surface area contributed by atoms with Crippen LogP contribution in [0.1, 0.15) is 38.1 Å². The van der Waals surface area contributed by atoms with Crippen molar-refractivity contribution in [3.63, 3.8) is 0 Å². The summed E-state index contributed by atoms with van der Waals surface area (Å²) in [4.78, 5) is 0. The van der Waals surface area contributed by atoms with Gasteiger partial charge < -0.3 is 10.5 Å². The minimum absolute atomic E-state index is 0.0760. The Kier molecular flexibility index (Phi) is 3.17. The largest absolute Gasteiger partial charge is 0.574 e. The van der Waals surface area contributed by atoms with Gasteiger partial charge in [0.05, 0.1) is 12.2 Å². The molecule has 7 heteroatoms. The quantitative estimate of drug-likeness (QED) is 0.876. The fourth-order valence-electron chi connectivity index (χ4n) is 2.11. The smallest absolute Gasteiger partial charge is 0.393 e. The minimum Gasteiger partial charge on any atom is -0.393 e. The maximum Gasteiger partial charge on any atom is 0.574 e. The minimum atomic E-state index is -4.75. The van der Waals surface area contributed by atoms with Gasteiger partial charge in [0.2, 0.25) is 0 Å². The summed E-state index contributed by atoms with van der Waals surface area (Å²) < 4.78 is 41.4. The zero-order valence-electron chi connectivity index (χ0n) is 9.20. The molecule has 0 aliphatic heterocycles. The van der Waals surface area contributed by atoms with Gasteiger partial charge in [0.1, 0.15) is 5.69 Å². The number of nitrogens with two attached hydrogens (primary N) is 1. The highest BCUT2D eigenvalue weighted by atomic mass is 19.4. The predicted molar refractivity (Wildman–Crippen MR) is 55.4 cm³/mol. The van der Waals surface area contributed by atoms with E-state index in [9.17, 15) is 13.2 Å². The average molecular weight is 249 g/mol. The van der Waals surface area contributed by atoms with Gasteiger partial charge in [-0.3, -0.25) is 4.68 Å². The van der Waals surface area contributed by atoms with E-state index in [1.165, 1.54) is 17.3 Å². The molecule has 0 radical (unpaired) electrons. The summed E-state index contributed by atoms with van der Waals surface area (Å²) >= 11 is 0. The van der Waals surface area contributed by atoms with Crippen molar-refractivity contribution in [2.45, 2.75) is 44.5 Å². The van der Waals surface area contributed by atoms with Gasteiger partial charge in [-0.25, -0.2) is 0 Å². The standard InChI is InChI=1S/C10H14F3N3O/c11-10(12,13)17-9-8(14)6-16(15-9)7-4-2-1-3-5-7/h6-7H,1-5,14H2. The number of anilines is 1. The first-order valence-electron chi connectivity index (χ1n) is 5.56. The monoisotopic (exact) mass is 249 g/mol. The molecule has 0 unspecified atom stereocenters. The van der Waals surface area contributed by atoms with Crippen molar-refractivity contribution in [3.05, 3.63) is 6.20 Å². The van der Waals surface area contributed by atoms with Crippen molar-refractivity contribution in [1.29, 1.82) is 0 Å². The molecule has 0 aromatic carbocycles. The van der Waals surface area contributed by atoms with Gasteiger partial charge in [0.25, 0.3) is 5.88 Å². The molecule has 1 aromatic rings. The third kappa shape index (κ3) is 3.04. The van der Waals surface area contributed by atoms with Crippen molar-refractivity contribution < 1.29 is 17.9 Å². The first kappa shape index (κ1) is 12.1. The maximum atomic E-state index is 12.0. The number of halogens is 3. The lowest BCUT2D eigenvalue weighted by Crippen LogP contribution is -2.19. The van der Waals surface area contributed by atoms with Crippen LogP contribution >= 0.6 is 0 Å². The van der Waals surface area contributed by atoms with Crippen molar-refractivity contribution >= 4 is 5.69 Å². The van der Waals surface area contributed by atoms with Crippen LogP contribution in [0.3, 0.4) is 0 Å². The van der Waals surface area contributed by atoms with Crippen molar-refractivity contribution in [3.8, 4) is 5.88 Å². The third-order valence-electron chi connectivity index (χ3n) is 2.89. The van der Waals surface area contributed by atoms with Crippen LogP contribution in [0.4, 0.5) is 18.9 Å². The topological polar surface area (TPSA) is 53.1 Å². The number of aromatic nitrogens is 2. The molecule has 2 N–H and O–H groups in total. The molecule has 0 atom stereocenters. The van der Waals surface area contributed by atoms with Crippen LogP contribution < -0.4 is 10.5 Å². The van der Waals surface area contributed by atoms with E-state index in [1.54, 1.807) is 0 Å². The van der Waals surface area contributed by atoms with Crippen LogP contribution in [0.5, 0.6) is 5.88 Å². The molecule has 1 aliphatic rings. The van der Waals surface area contributed by atoms with E-state index in [2.05, 4.69) is 9.84 Å². The molecular formula is C10H14F3N3O. The second kappa shape index (κ2) is 4.46. The fourth-order valence-corrected chi connectivity index (χ4v) is 2.11. The summed E-state index contributed by atoms with van der Waals surface area (Å²) in [5, 5.41) is 3.77. The number of hydrogen-bond acceptors (Lipinski definition) is 3. The molecule has 0 saturated heterocycles. The number of nitrogens with zero attached hydrogens (tertiary/aromatic N) is 2. The lowest BCUT2D eigenvalue weighted by Gasteiger charge is -2.21. The Morgan fingerprint density at radius 3 is 2.53 bits per heavy atom. The van der Waals surface area contributed by atoms with E-state index in [0.717, 1.165) is 25.7 Å². The molecule has 0 amide bonds. The molecule has 1 fully saturated rings. The van der Waals surface area contributed by atoms with Gasteiger partial charge in [-0.2, -0.15) is 0 Å². The van der Waals surface area contributed by atoms with Crippen LogP contribution in [0.25, 0.3) is 0 Å². The summed E-state index contributed by atoms with van der Waals surface area (Å²) in [6.07, 6.45) is 1.81. The highest BCUT2D eigenvalue weighted by molar-refractivity contribution is 5.46. The summed E-state index contributed by atoms with van der Waals surface area (Å²) in [7, 11) is 0. The summed E-state index contributed by atoms with van der Waals surface area (Å²) in [6, 6.07) is 0.136. The molecule has 17 heavy (non-hydrogen) atoms. The number of nitrogen functional groups attached to an aromatic ring is 1. The fraction of sp³-hybridized carbons (Fsp3) is 0.700. The average Bonchev–Trinajstić information content (AvgIpc) is 2.59. The number of ether oxygens (including phenoxy) is 1. The second-order valence-electron chi connectivity index (χ2n) is 4.21. The number of rotatable bonds is 2. The molecule has 4 nitrogen and oxygen atoms in total. The van der Waals surface area contributed by atoms with Gasteiger partial charge >= 0.3 is 6.36 Å². The lowest BCUT2D eigenvalue weighted by molar-refractivity contribution is -0.276. The summed E-state index contributed by atoms with van der Waals surface area (Å²) in [5.74, 6) is -0.553. The van der Waals surface area contributed by atoms with Gasteiger partial charge in [-0.05, 0) is 12.8 Å². The van der Waals surface area contributed by atoms with E-state index in [1.807, 2.05) is 0 Å². The van der Waals surface area contributed by atoms with Crippen molar-refractivity contribution in [2.24, 2.45) is 0 Å². The van der Waals surface area contributed by atoms with Crippen LogP contribution in [0.15, 0.2) is 6.20 Å². The Labute approximate surface area is 96.5 Å². The molecule has 1 saturated carbocycles. The third-order valence-corrected chi connectivity index (χ3v) is 2.89. The van der Waals surface area contributed by atoms with Crippen molar-refractivity contribution in [1.82, 2.24) is 9.78 Å². The molecule has 1 aliphatic carbocycles. The lowest BCUT2D eigenvalue weighted by atomic mass is 9.96. The molecule has 2 rings (SSSR count). The Morgan fingerprint density at radius 2 is 1.94 bits per heavy atom. The first-order valence-corrected chi connectivity index (χ1v) is 5.56. The van der Waals surface area contributed by atoms with Gasteiger partial charge in [-0.1, -0.05) is 19.3 Å². The Hall–Kier alpha value is -1.40. The van der Waals surface area contributed by atoms with Gasteiger partial charge in [0.15, 0.2) is 0 Å². The number of hydrogen-bond donors (Lipinski definition) is 1. The SMILES string of the molecule is Nc1cn(C2CCCCC2)nc1OC(F)(F)F. The first-order chi connectivity index (χ1) is 7.96. The zero-order chi connectivity index (χ0) is 12.5. The second-order valence-corrected chi connectivity index (χ2v) is 4.21. The molecule has 0 spiro atoms. The highest BCUT2D eigenvalue weighted by Crippen LogP contribution is 2.32. The Morgan fingerprint density at radius 1 is 1.29 bits per heavy atom. The Bertz CT molecular complexity index is 383. The Balaban J connectivity index is 2.12. The van der Waals surface area contributed by atoms with Gasteiger partial charge in [0, 0.05) is 0 Å². The predicted octanol–water partition coefficient (Wildman–Crippen LogP) is 2.87. The highest BCUT2D eigenvalue weighted by Gasteiger charge is 2.33. The van der Waals surface area contributed by atoms with Crippen LogP contribution in [0, 0.1) is 0 Å². The van der Waals surface area contributed by atoms with E-state index >= 15 is 0 Å². The summed E-state index contributed by atoms with van der Waals surface area (Å²) in [5.41, 5.74) is 5.37. The molecule has 1 heterocycles. The molecule has 96 valence electrons.